The SMILES string of the molecule is CCOCC(=O)NNC(=O)c1sc2ccccc2c1Cl. The number of hydrazine groups is 1. The number of halogens is 1. The summed E-state index contributed by atoms with van der Waals surface area (Å²) in [6.07, 6.45) is 0. The van der Waals surface area contributed by atoms with Crippen molar-refractivity contribution in [3.8, 4) is 0 Å². The summed E-state index contributed by atoms with van der Waals surface area (Å²) in [4.78, 5) is 23.7. The summed E-state index contributed by atoms with van der Waals surface area (Å²) in [7, 11) is 0. The summed E-state index contributed by atoms with van der Waals surface area (Å²) in [5, 5.41) is 1.21. The van der Waals surface area contributed by atoms with E-state index >= 15 is 0 Å². The van der Waals surface area contributed by atoms with Gasteiger partial charge in [0, 0.05) is 16.7 Å². The van der Waals surface area contributed by atoms with Crippen LogP contribution in [0.25, 0.3) is 10.1 Å². The van der Waals surface area contributed by atoms with Crippen LogP contribution in [0.4, 0.5) is 0 Å². The van der Waals surface area contributed by atoms with Crippen LogP contribution in [0.1, 0.15) is 16.6 Å². The number of benzene rings is 1. The maximum absolute atomic E-state index is 12.0. The van der Waals surface area contributed by atoms with Crippen LogP contribution in [-0.2, 0) is 9.53 Å². The smallest absolute Gasteiger partial charge is 0.281 e. The number of rotatable bonds is 4. The van der Waals surface area contributed by atoms with Crippen LogP contribution < -0.4 is 10.9 Å². The highest BCUT2D eigenvalue weighted by atomic mass is 35.5. The number of thiophene rings is 1. The molecule has 0 radical (unpaired) electrons. The van der Waals surface area contributed by atoms with E-state index in [1.54, 1.807) is 6.92 Å². The first kappa shape index (κ1) is 14.8. The molecule has 5 nitrogen and oxygen atoms in total. The number of amides is 2. The molecule has 0 bridgehead atoms. The first-order valence-corrected chi connectivity index (χ1v) is 7.17. The van der Waals surface area contributed by atoms with Crippen molar-refractivity contribution in [3.63, 3.8) is 0 Å². The lowest BCUT2D eigenvalue weighted by molar-refractivity contribution is -0.126. The zero-order chi connectivity index (χ0) is 14.5. The van der Waals surface area contributed by atoms with Gasteiger partial charge in [0.25, 0.3) is 11.8 Å². The summed E-state index contributed by atoms with van der Waals surface area (Å²) in [5.41, 5.74) is 4.59. The molecule has 0 aliphatic carbocycles. The van der Waals surface area contributed by atoms with Gasteiger partial charge < -0.3 is 4.74 Å². The number of hydrogen-bond donors (Lipinski definition) is 2. The maximum atomic E-state index is 12.0. The van der Waals surface area contributed by atoms with Crippen LogP contribution >= 0.6 is 22.9 Å². The van der Waals surface area contributed by atoms with Crippen LogP contribution in [0.2, 0.25) is 5.02 Å². The van der Waals surface area contributed by atoms with Gasteiger partial charge in [0.15, 0.2) is 0 Å². The minimum atomic E-state index is -0.443. The van der Waals surface area contributed by atoms with E-state index in [2.05, 4.69) is 10.9 Å². The topological polar surface area (TPSA) is 67.4 Å². The minimum absolute atomic E-state index is 0.100. The molecule has 2 amide bonds. The van der Waals surface area contributed by atoms with Gasteiger partial charge in [-0.15, -0.1) is 11.3 Å². The Morgan fingerprint density at radius 1 is 1.30 bits per heavy atom. The van der Waals surface area contributed by atoms with Crippen molar-refractivity contribution < 1.29 is 14.3 Å². The zero-order valence-electron chi connectivity index (χ0n) is 10.7. The Morgan fingerprint density at radius 3 is 2.75 bits per heavy atom. The number of carbonyl (C=O) groups excluding carboxylic acids is 2. The first-order valence-electron chi connectivity index (χ1n) is 5.97. The van der Waals surface area contributed by atoms with Gasteiger partial charge in [0.2, 0.25) is 0 Å². The molecule has 2 N–H and O–H groups in total. The summed E-state index contributed by atoms with van der Waals surface area (Å²) in [6.45, 7) is 2.11. The lowest BCUT2D eigenvalue weighted by Crippen LogP contribution is -2.43. The molecule has 0 saturated heterocycles. The quantitative estimate of drug-likeness (QED) is 0.852. The predicted octanol–water partition coefficient (Wildman–Crippen LogP) is 2.35. The monoisotopic (exact) mass is 312 g/mol. The van der Waals surface area contributed by atoms with Gasteiger partial charge in [-0.25, -0.2) is 0 Å². The molecule has 0 aliphatic rings. The lowest BCUT2D eigenvalue weighted by Gasteiger charge is -2.06. The second-order valence-corrected chi connectivity index (χ2v) is 5.31. The van der Waals surface area contributed by atoms with Crippen molar-refractivity contribution in [2.75, 3.05) is 13.2 Å². The van der Waals surface area contributed by atoms with E-state index < -0.39 is 11.8 Å². The standard InChI is InChI=1S/C13H13ClN2O3S/c1-2-19-7-10(17)15-16-13(18)12-11(14)8-5-3-4-6-9(8)20-12/h3-6H,2,7H2,1H3,(H,15,17)(H,16,18). The maximum Gasteiger partial charge on any atom is 0.281 e. The third-order valence-electron chi connectivity index (χ3n) is 2.49. The Labute approximate surface area is 124 Å². The molecular formula is C13H13ClN2O3S. The second-order valence-electron chi connectivity index (χ2n) is 3.88. The molecule has 1 heterocycles. The van der Waals surface area contributed by atoms with Crippen molar-refractivity contribution in [2.45, 2.75) is 6.92 Å². The molecule has 1 aromatic carbocycles. The third-order valence-corrected chi connectivity index (χ3v) is 4.17. The summed E-state index contributed by atoms with van der Waals surface area (Å²) >= 11 is 7.44. The van der Waals surface area contributed by atoms with E-state index in [-0.39, 0.29) is 6.61 Å². The Balaban J connectivity index is 2.04. The van der Waals surface area contributed by atoms with Crippen molar-refractivity contribution in [1.82, 2.24) is 10.9 Å². The minimum Gasteiger partial charge on any atom is -0.372 e. The van der Waals surface area contributed by atoms with Crippen LogP contribution in [0.5, 0.6) is 0 Å². The van der Waals surface area contributed by atoms with E-state index in [1.165, 1.54) is 11.3 Å². The molecule has 106 valence electrons. The third kappa shape index (κ3) is 3.27. The van der Waals surface area contributed by atoms with Gasteiger partial charge in [-0.3, -0.25) is 20.4 Å². The van der Waals surface area contributed by atoms with Gasteiger partial charge in [-0.2, -0.15) is 0 Å². The van der Waals surface area contributed by atoms with Crippen molar-refractivity contribution >= 4 is 44.8 Å². The molecule has 0 spiro atoms. The molecule has 2 aromatic rings. The highest BCUT2D eigenvalue weighted by molar-refractivity contribution is 7.21. The lowest BCUT2D eigenvalue weighted by atomic mass is 10.2. The Morgan fingerprint density at radius 2 is 2.05 bits per heavy atom. The van der Waals surface area contributed by atoms with Crippen molar-refractivity contribution in [2.24, 2.45) is 0 Å². The first-order chi connectivity index (χ1) is 9.63. The molecule has 0 unspecified atom stereocenters. The number of nitrogens with one attached hydrogen (secondary N) is 2. The Hall–Kier alpha value is -1.63. The number of hydrogen-bond acceptors (Lipinski definition) is 4. The largest absolute Gasteiger partial charge is 0.372 e. The predicted molar refractivity (Wildman–Crippen MR) is 78.9 cm³/mol. The molecule has 1 aromatic heterocycles. The van der Waals surface area contributed by atoms with Gasteiger partial charge in [0.1, 0.15) is 11.5 Å². The summed E-state index contributed by atoms with van der Waals surface area (Å²) in [5.74, 6) is -0.863. The summed E-state index contributed by atoms with van der Waals surface area (Å²) in [6, 6.07) is 7.46. The molecule has 0 aliphatic heterocycles. The highest BCUT2D eigenvalue weighted by Crippen LogP contribution is 2.34. The number of carbonyl (C=O) groups is 2. The average molecular weight is 313 g/mol. The highest BCUT2D eigenvalue weighted by Gasteiger charge is 2.17. The molecular weight excluding hydrogens is 300 g/mol. The summed E-state index contributed by atoms with van der Waals surface area (Å²) < 4.78 is 5.84. The van der Waals surface area contributed by atoms with Crippen molar-refractivity contribution in [1.29, 1.82) is 0 Å². The zero-order valence-corrected chi connectivity index (χ0v) is 12.3. The van der Waals surface area contributed by atoms with Gasteiger partial charge >= 0.3 is 0 Å². The normalized spacial score (nSPS) is 10.5. The fourth-order valence-corrected chi connectivity index (χ4v) is 2.99. The van der Waals surface area contributed by atoms with Crippen LogP contribution in [0.15, 0.2) is 24.3 Å². The van der Waals surface area contributed by atoms with Gasteiger partial charge in [-0.05, 0) is 13.0 Å². The second kappa shape index (κ2) is 6.69. The molecule has 20 heavy (non-hydrogen) atoms. The number of ether oxygens (including phenoxy) is 1. The molecule has 0 saturated carbocycles. The molecule has 2 rings (SSSR count). The van der Waals surface area contributed by atoms with Crippen LogP contribution in [0, 0.1) is 0 Å². The fraction of sp³-hybridized carbons (Fsp3) is 0.231. The Kier molecular flexibility index (Phi) is 4.94. The molecule has 0 atom stereocenters. The fourth-order valence-electron chi connectivity index (χ4n) is 1.57. The van der Waals surface area contributed by atoms with E-state index in [4.69, 9.17) is 16.3 Å². The molecule has 0 fully saturated rings. The number of fused-ring (bicyclic) bond motifs is 1. The van der Waals surface area contributed by atoms with Crippen molar-refractivity contribution in [3.05, 3.63) is 34.2 Å². The molecule has 7 heteroatoms. The van der Waals surface area contributed by atoms with E-state index in [0.29, 0.717) is 16.5 Å². The van der Waals surface area contributed by atoms with E-state index in [9.17, 15) is 9.59 Å². The van der Waals surface area contributed by atoms with Crippen LogP contribution in [-0.4, -0.2) is 25.0 Å². The average Bonchev–Trinajstić information content (AvgIpc) is 2.80. The van der Waals surface area contributed by atoms with Crippen LogP contribution in [0.3, 0.4) is 0 Å². The van der Waals surface area contributed by atoms with E-state index in [1.807, 2.05) is 24.3 Å². The van der Waals surface area contributed by atoms with E-state index in [0.717, 1.165) is 10.1 Å². The Bertz CT molecular complexity index is 642. The van der Waals surface area contributed by atoms with Gasteiger partial charge in [0.05, 0.1) is 5.02 Å². The van der Waals surface area contributed by atoms with Gasteiger partial charge in [-0.1, -0.05) is 29.8 Å².